The van der Waals surface area contributed by atoms with E-state index in [4.69, 9.17) is 11.6 Å². The van der Waals surface area contributed by atoms with E-state index in [0.29, 0.717) is 16.4 Å². The molecule has 0 aliphatic rings. The number of halogens is 2. The van der Waals surface area contributed by atoms with E-state index < -0.39 is 0 Å². The van der Waals surface area contributed by atoms with Crippen molar-refractivity contribution >= 4 is 39.3 Å². The highest BCUT2D eigenvalue weighted by molar-refractivity contribution is 9.10. The predicted molar refractivity (Wildman–Crippen MR) is 76.1 cm³/mol. The molecule has 92 valence electrons. The maximum atomic E-state index is 11.9. The van der Waals surface area contributed by atoms with Gasteiger partial charge >= 0.3 is 0 Å². The Hall–Kier alpha value is -1.39. The van der Waals surface area contributed by atoms with Crippen molar-refractivity contribution in [3.05, 3.63) is 57.2 Å². The van der Waals surface area contributed by atoms with Crippen LogP contribution in [0.1, 0.15) is 15.9 Å². The van der Waals surface area contributed by atoms with E-state index in [-0.39, 0.29) is 5.91 Å². The molecule has 3 nitrogen and oxygen atoms in total. The quantitative estimate of drug-likeness (QED) is 0.905. The van der Waals surface area contributed by atoms with Crippen molar-refractivity contribution in [3.8, 4) is 0 Å². The van der Waals surface area contributed by atoms with Gasteiger partial charge in [0, 0.05) is 21.3 Å². The Morgan fingerprint density at radius 1 is 1.39 bits per heavy atom. The zero-order chi connectivity index (χ0) is 13.1. The molecule has 0 radical (unpaired) electrons. The molecule has 1 amide bonds. The zero-order valence-corrected chi connectivity index (χ0v) is 11.9. The molecule has 5 heteroatoms. The van der Waals surface area contributed by atoms with Crippen molar-refractivity contribution in [3.63, 3.8) is 0 Å². The highest BCUT2D eigenvalue weighted by Crippen LogP contribution is 2.18. The van der Waals surface area contributed by atoms with E-state index in [1.165, 1.54) is 0 Å². The normalized spacial score (nSPS) is 10.2. The Balaban J connectivity index is 2.18. The van der Waals surface area contributed by atoms with E-state index in [1.54, 1.807) is 36.5 Å². The average Bonchev–Trinajstić information content (AvgIpc) is 2.34. The molecule has 0 spiro atoms. The highest BCUT2D eigenvalue weighted by Gasteiger charge is 2.07. The molecule has 0 fully saturated rings. The summed E-state index contributed by atoms with van der Waals surface area (Å²) in [4.78, 5) is 16.1. The van der Waals surface area contributed by atoms with Crippen LogP contribution in [0.2, 0.25) is 5.02 Å². The number of hydrogen-bond acceptors (Lipinski definition) is 2. The molecule has 1 heterocycles. The van der Waals surface area contributed by atoms with Gasteiger partial charge in [-0.15, -0.1) is 0 Å². The van der Waals surface area contributed by atoms with E-state index in [2.05, 4.69) is 26.2 Å². The summed E-state index contributed by atoms with van der Waals surface area (Å²) in [6.07, 6.45) is 1.66. The third-order valence-corrected chi connectivity index (χ3v) is 3.44. The number of benzene rings is 1. The van der Waals surface area contributed by atoms with E-state index in [0.717, 1.165) is 10.0 Å². The number of carbonyl (C=O) groups is 1. The van der Waals surface area contributed by atoms with Crippen molar-refractivity contribution < 1.29 is 4.79 Å². The maximum absolute atomic E-state index is 11.9. The second-order valence-corrected chi connectivity index (χ2v) is 5.07. The summed E-state index contributed by atoms with van der Waals surface area (Å²) in [5, 5.41) is 3.25. The molecule has 0 saturated heterocycles. The first-order valence-corrected chi connectivity index (χ1v) is 6.42. The van der Waals surface area contributed by atoms with Crippen LogP contribution in [-0.2, 0) is 0 Å². The van der Waals surface area contributed by atoms with Gasteiger partial charge in [-0.1, -0.05) is 17.7 Å². The van der Waals surface area contributed by atoms with Crippen LogP contribution in [-0.4, -0.2) is 10.9 Å². The van der Waals surface area contributed by atoms with Crippen LogP contribution < -0.4 is 5.32 Å². The SMILES string of the molecule is Cc1cc(NC(=O)c2cccc(Cl)c2)ncc1Br. The minimum atomic E-state index is -0.230. The predicted octanol–water partition coefficient (Wildman–Crippen LogP) is 4.06. The lowest BCUT2D eigenvalue weighted by atomic mass is 10.2. The van der Waals surface area contributed by atoms with Crippen molar-refractivity contribution in [2.45, 2.75) is 6.92 Å². The standard InChI is InChI=1S/C13H10BrClN2O/c1-8-5-12(16-7-11(8)14)17-13(18)9-3-2-4-10(15)6-9/h2-7H,1H3,(H,16,17,18). The molecule has 1 N–H and O–H groups in total. The topological polar surface area (TPSA) is 42.0 Å². The van der Waals surface area contributed by atoms with Crippen molar-refractivity contribution in [1.29, 1.82) is 0 Å². The van der Waals surface area contributed by atoms with Gasteiger partial charge in [-0.25, -0.2) is 4.98 Å². The molecular formula is C13H10BrClN2O. The van der Waals surface area contributed by atoms with Crippen LogP contribution in [0, 0.1) is 6.92 Å². The fraction of sp³-hybridized carbons (Fsp3) is 0.0769. The van der Waals surface area contributed by atoms with Gasteiger partial charge in [0.25, 0.3) is 5.91 Å². The molecule has 0 unspecified atom stereocenters. The molecule has 0 atom stereocenters. The van der Waals surface area contributed by atoms with Crippen molar-refractivity contribution in [2.24, 2.45) is 0 Å². The largest absolute Gasteiger partial charge is 0.307 e. The lowest BCUT2D eigenvalue weighted by Crippen LogP contribution is -2.12. The number of pyridine rings is 1. The molecule has 18 heavy (non-hydrogen) atoms. The first kappa shape index (κ1) is 13.1. The van der Waals surface area contributed by atoms with E-state index in [1.807, 2.05) is 6.92 Å². The van der Waals surface area contributed by atoms with Crippen LogP contribution >= 0.6 is 27.5 Å². The summed E-state index contributed by atoms with van der Waals surface area (Å²) >= 11 is 9.19. The van der Waals surface area contributed by atoms with Gasteiger partial charge in [0.05, 0.1) is 0 Å². The van der Waals surface area contributed by atoms with Gasteiger partial charge < -0.3 is 5.32 Å². The summed E-state index contributed by atoms with van der Waals surface area (Å²) < 4.78 is 0.906. The van der Waals surface area contributed by atoms with Gasteiger partial charge in [-0.3, -0.25) is 4.79 Å². The zero-order valence-electron chi connectivity index (χ0n) is 9.58. The smallest absolute Gasteiger partial charge is 0.256 e. The molecule has 1 aromatic carbocycles. The second kappa shape index (κ2) is 5.50. The Bertz CT molecular complexity index is 601. The molecular weight excluding hydrogens is 316 g/mol. The van der Waals surface area contributed by atoms with E-state index >= 15 is 0 Å². The fourth-order valence-corrected chi connectivity index (χ4v) is 1.83. The second-order valence-electron chi connectivity index (χ2n) is 3.78. The van der Waals surface area contributed by atoms with Gasteiger partial charge in [-0.2, -0.15) is 0 Å². The van der Waals surface area contributed by atoms with Gasteiger partial charge in [0.1, 0.15) is 5.82 Å². The van der Waals surface area contributed by atoms with Gasteiger partial charge in [-0.05, 0) is 52.7 Å². The minimum Gasteiger partial charge on any atom is -0.307 e. The van der Waals surface area contributed by atoms with Crippen molar-refractivity contribution in [2.75, 3.05) is 5.32 Å². The fourth-order valence-electron chi connectivity index (χ4n) is 1.43. The summed E-state index contributed by atoms with van der Waals surface area (Å²) in [7, 11) is 0. The summed E-state index contributed by atoms with van der Waals surface area (Å²) in [5.41, 5.74) is 1.51. The minimum absolute atomic E-state index is 0.230. The molecule has 0 saturated carbocycles. The lowest BCUT2D eigenvalue weighted by molar-refractivity contribution is 0.102. The summed E-state index contributed by atoms with van der Waals surface area (Å²) in [6.45, 7) is 1.93. The Morgan fingerprint density at radius 2 is 2.17 bits per heavy atom. The molecule has 0 bridgehead atoms. The van der Waals surface area contributed by atoms with Crippen LogP contribution in [0.15, 0.2) is 41.0 Å². The number of aromatic nitrogens is 1. The molecule has 0 aliphatic heterocycles. The van der Waals surface area contributed by atoms with Crippen LogP contribution in [0.25, 0.3) is 0 Å². The number of rotatable bonds is 2. The van der Waals surface area contributed by atoms with Crippen LogP contribution in [0.4, 0.5) is 5.82 Å². The number of hydrogen-bond donors (Lipinski definition) is 1. The Labute approximate surface area is 118 Å². The summed E-state index contributed by atoms with van der Waals surface area (Å²) in [5.74, 6) is 0.285. The third kappa shape index (κ3) is 3.09. The maximum Gasteiger partial charge on any atom is 0.256 e. The Kier molecular flexibility index (Phi) is 3.99. The highest BCUT2D eigenvalue weighted by atomic mass is 79.9. The molecule has 2 aromatic rings. The number of aryl methyl sites for hydroxylation is 1. The van der Waals surface area contributed by atoms with Crippen molar-refractivity contribution in [1.82, 2.24) is 4.98 Å². The number of carbonyl (C=O) groups excluding carboxylic acids is 1. The van der Waals surface area contributed by atoms with Crippen LogP contribution in [0.5, 0.6) is 0 Å². The van der Waals surface area contributed by atoms with Gasteiger partial charge in [0.15, 0.2) is 0 Å². The molecule has 0 aliphatic carbocycles. The monoisotopic (exact) mass is 324 g/mol. The number of amides is 1. The first-order chi connectivity index (χ1) is 8.56. The molecule has 1 aromatic heterocycles. The number of anilines is 1. The Morgan fingerprint density at radius 3 is 2.83 bits per heavy atom. The average molecular weight is 326 g/mol. The van der Waals surface area contributed by atoms with Gasteiger partial charge in [0.2, 0.25) is 0 Å². The molecule has 2 rings (SSSR count). The number of nitrogens with zero attached hydrogens (tertiary/aromatic N) is 1. The first-order valence-electron chi connectivity index (χ1n) is 5.25. The van der Waals surface area contributed by atoms with E-state index in [9.17, 15) is 4.79 Å². The summed E-state index contributed by atoms with van der Waals surface area (Å²) in [6, 6.07) is 8.57. The number of nitrogens with one attached hydrogen (secondary N) is 1. The third-order valence-electron chi connectivity index (χ3n) is 2.38. The lowest BCUT2D eigenvalue weighted by Gasteiger charge is -2.06. The van der Waals surface area contributed by atoms with Crippen LogP contribution in [0.3, 0.4) is 0 Å².